The predicted octanol–water partition coefficient (Wildman–Crippen LogP) is 3.86. The number of hydrogen-bond acceptors (Lipinski definition) is 2. The molecule has 2 heteroatoms. The Morgan fingerprint density at radius 1 is 1.26 bits per heavy atom. The highest BCUT2D eigenvalue weighted by Gasteiger charge is 2.33. The van der Waals surface area contributed by atoms with Crippen molar-refractivity contribution in [3.8, 4) is 0 Å². The number of benzene rings is 1. The highest BCUT2D eigenvalue weighted by Crippen LogP contribution is 2.43. The summed E-state index contributed by atoms with van der Waals surface area (Å²) in [6, 6.07) is 11.0. The van der Waals surface area contributed by atoms with Crippen molar-refractivity contribution in [3.63, 3.8) is 0 Å². The van der Waals surface area contributed by atoms with Crippen LogP contribution in [-0.4, -0.2) is 11.0 Å². The molecule has 1 aromatic heterocycles. The van der Waals surface area contributed by atoms with Gasteiger partial charge in [-0.25, -0.2) is 0 Å². The first kappa shape index (κ1) is 12.6. The topological polar surface area (TPSA) is 38.9 Å². The summed E-state index contributed by atoms with van der Waals surface area (Å²) in [4.78, 5) is 4.46. The van der Waals surface area contributed by atoms with Gasteiger partial charge in [0.2, 0.25) is 0 Å². The van der Waals surface area contributed by atoms with Crippen LogP contribution < -0.4 is 5.73 Å². The van der Waals surface area contributed by atoms with Gasteiger partial charge in [-0.15, -0.1) is 0 Å². The molecule has 0 aliphatic heterocycles. The van der Waals surface area contributed by atoms with Crippen LogP contribution in [0.3, 0.4) is 0 Å². The number of aromatic nitrogens is 1. The monoisotopic (exact) mass is 254 g/mol. The van der Waals surface area contributed by atoms with E-state index in [2.05, 4.69) is 43.1 Å². The molecule has 2 nitrogen and oxygen atoms in total. The van der Waals surface area contributed by atoms with Crippen molar-refractivity contribution in [1.82, 2.24) is 4.98 Å². The van der Waals surface area contributed by atoms with Crippen LogP contribution >= 0.6 is 0 Å². The zero-order valence-electron chi connectivity index (χ0n) is 11.8. The van der Waals surface area contributed by atoms with Gasteiger partial charge in [0.25, 0.3) is 0 Å². The zero-order chi connectivity index (χ0) is 13.5. The summed E-state index contributed by atoms with van der Waals surface area (Å²) in [6.07, 6.45) is 5.39. The SMILES string of the molecule is CC1(C)CCC(N)C(c2ccc3cccnc3c2)C1. The second-order valence-corrected chi connectivity index (χ2v) is 6.63. The highest BCUT2D eigenvalue weighted by atomic mass is 14.7. The largest absolute Gasteiger partial charge is 0.327 e. The van der Waals surface area contributed by atoms with Gasteiger partial charge in [-0.2, -0.15) is 0 Å². The van der Waals surface area contributed by atoms with Gasteiger partial charge < -0.3 is 5.73 Å². The molecule has 0 saturated heterocycles. The van der Waals surface area contributed by atoms with Gasteiger partial charge in [0.05, 0.1) is 5.52 Å². The van der Waals surface area contributed by atoms with E-state index in [4.69, 9.17) is 5.73 Å². The average molecular weight is 254 g/mol. The number of fused-ring (bicyclic) bond motifs is 1. The van der Waals surface area contributed by atoms with Crippen molar-refractivity contribution in [2.45, 2.75) is 45.1 Å². The van der Waals surface area contributed by atoms with Gasteiger partial charge in [-0.3, -0.25) is 4.98 Å². The molecule has 2 unspecified atom stereocenters. The summed E-state index contributed by atoms with van der Waals surface area (Å²) in [5.74, 6) is 0.468. The van der Waals surface area contributed by atoms with E-state index >= 15 is 0 Å². The zero-order valence-corrected chi connectivity index (χ0v) is 11.8. The number of pyridine rings is 1. The van der Waals surface area contributed by atoms with E-state index in [1.807, 2.05) is 12.3 Å². The molecule has 1 aliphatic carbocycles. The first-order valence-electron chi connectivity index (χ1n) is 7.15. The Morgan fingerprint density at radius 2 is 2.11 bits per heavy atom. The third-order valence-corrected chi connectivity index (χ3v) is 4.50. The standard InChI is InChI=1S/C17H22N2/c1-17(2)8-7-15(18)14(11-17)13-6-5-12-4-3-9-19-16(12)10-13/h3-6,9-10,14-15H,7-8,11,18H2,1-2H3. The minimum atomic E-state index is 0.286. The highest BCUT2D eigenvalue weighted by molar-refractivity contribution is 5.79. The van der Waals surface area contributed by atoms with Crippen molar-refractivity contribution in [2.24, 2.45) is 11.1 Å². The molecule has 19 heavy (non-hydrogen) atoms. The summed E-state index contributed by atoms with van der Waals surface area (Å²) in [5.41, 5.74) is 9.19. The maximum Gasteiger partial charge on any atom is 0.0704 e. The first-order chi connectivity index (χ1) is 9.05. The minimum absolute atomic E-state index is 0.286. The van der Waals surface area contributed by atoms with Crippen molar-refractivity contribution < 1.29 is 0 Å². The fraction of sp³-hybridized carbons (Fsp3) is 0.471. The Hall–Kier alpha value is -1.41. The Labute approximate surface area is 115 Å². The number of rotatable bonds is 1. The minimum Gasteiger partial charge on any atom is -0.327 e. The lowest BCUT2D eigenvalue weighted by Crippen LogP contribution is -2.37. The summed E-state index contributed by atoms with van der Waals surface area (Å²) in [5, 5.41) is 1.20. The van der Waals surface area contributed by atoms with Gasteiger partial charge in [-0.05, 0) is 48.3 Å². The molecular weight excluding hydrogens is 232 g/mol. The molecule has 1 fully saturated rings. The molecule has 2 atom stereocenters. The normalized spacial score (nSPS) is 26.5. The second kappa shape index (κ2) is 4.61. The Balaban J connectivity index is 1.98. The van der Waals surface area contributed by atoms with E-state index in [9.17, 15) is 0 Å². The van der Waals surface area contributed by atoms with Crippen LogP contribution in [0.5, 0.6) is 0 Å². The summed E-state index contributed by atoms with van der Waals surface area (Å²) < 4.78 is 0. The molecule has 3 rings (SSSR count). The number of nitrogens with zero attached hydrogens (tertiary/aromatic N) is 1. The van der Waals surface area contributed by atoms with Gasteiger partial charge in [0.15, 0.2) is 0 Å². The van der Waals surface area contributed by atoms with E-state index in [-0.39, 0.29) is 6.04 Å². The molecule has 2 N–H and O–H groups in total. The Morgan fingerprint density at radius 3 is 2.95 bits per heavy atom. The molecule has 1 aliphatic rings. The second-order valence-electron chi connectivity index (χ2n) is 6.63. The third kappa shape index (κ3) is 2.50. The van der Waals surface area contributed by atoms with Crippen LogP contribution in [-0.2, 0) is 0 Å². The molecule has 1 saturated carbocycles. The molecule has 1 aromatic carbocycles. The van der Waals surface area contributed by atoms with E-state index in [0.29, 0.717) is 11.3 Å². The molecule has 0 bridgehead atoms. The molecule has 0 radical (unpaired) electrons. The third-order valence-electron chi connectivity index (χ3n) is 4.50. The van der Waals surface area contributed by atoms with Crippen LogP contribution in [0.4, 0.5) is 0 Å². The lowest BCUT2D eigenvalue weighted by Gasteiger charge is -2.39. The van der Waals surface area contributed by atoms with Crippen LogP contribution in [0.25, 0.3) is 10.9 Å². The first-order valence-corrected chi connectivity index (χ1v) is 7.15. The Bertz CT molecular complexity index is 589. The lowest BCUT2D eigenvalue weighted by molar-refractivity contribution is 0.198. The van der Waals surface area contributed by atoms with Crippen LogP contribution in [0.2, 0.25) is 0 Å². The van der Waals surface area contributed by atoms with Crippen LogP contribution in [0.1, 0.15) is 44.6 Å². The van der Waals surface area contributed by atoms with Gasteiger partial charge in [-0.1, -0.05) is 32.0 Å². The fourth-order valence-electron chi connectivity index (χ4n) is 3.29. The summed E-state index contributed by atoms with van der Waals surface area (Å²) >= 11 is 0. The van der Waals surface area contributed by atoms with Gasteiger partial charge >= 0.3 is 0 Å². The molecule has 100 valence electrons. The van der Waals surface area contributed by atoms with Crippen molar-refractivity contribution in [2.75, 3.05) is 0 Å². The van der Waals surface area contributed by atoms with Crippen LogP contribution in [0, 0.1) is 5.41 Å². The lowest BCUT2D eigenvalue weighted by atomic mass is 9.68. The van der Waals surface area contributed by atoms with E-state index in [1.54, 1.807) is 0 Å². The number of nitrogens with two attached hydrogens (primary N) is 1. The Kier molecular flexibility index (Phi) is 3.06. The summed E-state index contributed by atoms with van der Waals surface area (Å²) in [6.45, 7) is 4.70. The molecule has 0 amide bonds. The van der Waals surface area contributed by atoms with E-state index < -0.39 is 0 Å². The van der Waals surface area contributed by atoms with E-state index in [1.165, 1.54) is 23.8 Å². The average Bonchev–Trinajstić information content (AvgIpc) is 2.41. The van der Waals surface area contributed by atoms with Gasteiger partial charge in [0.1, 0.15) is 0 Å². The molecular formula is C17H22N2. The maximum atomic E-state index is 6.36. The van der Waals surface area contributed by atoms with E-state index in [0.717, 1.165) is 11.9 Å². The molecule has 1 heterocycles. The quantitative estimate of drug-likeness (QED) is 0.839. The molecule has 0 spiro atoms. The van der Waals surface area contributed by atoms with Crippen molar-refractivity contribution in [1.29, 1.82) is 0 Å². The van der Waals surface area contributed by atoms with Crippen molar-refractivity contribution >= 4 is 10.9 Å². The maximum absolute atomic E-state index is 6.36. The smallest absolute Gasteiger partial charge is 0.0704 e. The summed E-state index contributed by atoms with van der Waals surface area (Å²) in [7, 11) is 0. The van der Waals surface area contributed by atoms with Gasteiger partial charge in [0, 0.05) is 17.6 Å². The predicted molar refractivity (Wildman–Crippen MR) is 80.1 cm³/mol. The molecule has 2 aromatic rings. The van der Waals surface area contributed by atoms with Crippen molar-refractivity contribution in [3.05, 3.63) is 42.1 Å². The van der Waals surface area contributed by atoms with Crippen LogP contribution in [0.15, 0.2) is 36.5 Å². The fourth-order valence-corrected chi connectivity index (χ4v) is 3.29. The number of hydrogen-bond donors (Lipinski definition) is 1.